The first kappa shape index (κ1) is 8.72. The number of aldehydes is 1. The van der Waals surface area contributed by atoms with E-state index < -0.39 is 0 Å². The quantitative estimate of drug-likeness (QED) is 0.695. The van der Waals surface area contributed by atoms with Crippen LogP contribution in [-0.4, -0.2) is 6.29 Å². The number of furan rings is 1. The average Bonchev–Trinajstić information content (AvgIpc) is 2.99. The Labute approximate surface area is 87.9 Å². The molecule has 0 unspecified atom stereocenters. The molecule has 3 rings (SSSR count). The van der Waals surface area contributed by atoms with Crippen LogP contribution in [0, 0.1) is 6.92 Å². The standard InChI is InChI=1S/C13H12O2/c1-8-2-5-11-10(6-8)13(9-3-4-9)12(7-14)15-11/h2,5-7,9H,3-4H2,1H3. The normalized spacial score (nSPS) is 15.8. The molecule has 0 atom stereocenters. The van der Waals surface area contributed by atoms with E-state index in [0.29, 0.717) is 11.7 Å². The zero-order chi connectivity index (χ0) is 10.4. The lowest BCUT2D eigenvalue weighted by Crippen LogP contribution is -1.84. The van der Waals surface area contributed by atoms with Crippen molar-refractivity contribution >= 4 is 17.3 Å². The molecule has 15 heavy (non-hydrogen) atoms. The van der Waals surface area contributed by atoms with Crippen molar-refractivity contribution in [3.63, 3.8) is 0 Å². The van der Waals surface area contributed by atoms with Crippen LogP contribution in [0.15, 0.2) is 22.6 Å². The van der Waals surface area contributed by atoms with Gasteiger partial charge in [0.15, 0.2) is 12.0 Å². The van der Waals surface area contributed by atoms with Gasteiger partial charge in [-0.05, 0) is 37.8 Å². The minimum absolute atomic E-state index is 0.526. The molecule has 0 spiro atoms. The first-order chi connectivity index (χ1) is 7.29. The lowest BCUT2D eigenvalue weighted by atomic mass is 10.0. The van der Waals surface area contributed by atoms with Crippen LogP contribution in [-0.2, 0) is 0 Å². The highest BCUT2D eigenvalue weighted by atomic mass is 16.3. The van der Waals surface area contributed by atoms with Gasteiger partial charge in [0, 0.05) is 10.9 Å². The topological polar surface area (TPSA) is 30.2 Å². The van der Waals surface area contributed by atoms with Gasteiger partial charge in [-0.1, -0.05) is 11.6 Å². The molecule has 0 radical (unpaired) electrons. The second-order valence-electron chi connectivity index (χ2n) is 4.27. The minimum atomic E-state index is 0.526. The Morgan fingerprint density at radius 3 is 2.87 bits per heavy atom. The molecule has 1 aliphatic rings. The molecule has 0 aliphatic heterocycles. The molecule has 76 valence electrons. The summed E-state index contributed by atoms with van der Waals surface area (Å²) in [7, 11) is 0. The molecule has 1 aliphatic carbocycles. The van der Waals surface area contributed by atoms with E-state index in [9.17, 15) is 4.79 Å². The molecule has 0 amide bonds. The maximum atomic E-state index is 10.9. The van der Waals surface area contributed by atoms with Crippen molar-refractivity contribution in [1.29, 1.82) is 0 Å². The Hall–Kier alpha value is -1.57. The van der Waals surface area contributed by atoms with E-state index >= 15 is 0 Å². The number of hydrogen-bond donors (Lipinski definition) is 0. The van der Waals surface area contributed by atoms with Crippen molar-refractivity contribution in [2.75, 3.05) is 0 Å². The van der Waals surface area contributed by atoms with E-state index in [4.69, 9.17) is 4.42 Å². The highest BCUT2D eigenvalue weighted by Crippen LogP contribution is 2.45. The zero-order valence-electron chi connectivity index (χ0n) is 8.62. The first-order valence-corrected chi connectivity index (χ1v) is 5.28. The van der Waals surface area contributed by atoms with Crippen LogP contribution >= 0.6 is 0 Å². The molecule has 2 nitrogen and oxygen atoms in total. The molecule has 1 saturated carbocycles. The Morgan fingerprint density at radius 1 is 1.40 bits per heavy atom. The second-order valence-corrected chi connectivity index (χ2v) is 4.27. The van der Waals surface area contributed by atoms with Crippen LogP contribution in [0.2, 0.25) is 0 Å². The van der Waals surface area contributed by atoms with Gasteiger partial charge in [0.25, 0.3) is 0 Å². The minimum Gasteiger partial charge on any atom is -0.453 e. The molecule has 1 fully saturated rings. The van der Waals surface area contributed by atoms with Crippen LogP contribution in [0.5, 0.6) is 0 Å². The number of carbonyl (C=O) groups excluding carboxylic acids is 1. The van der Waals surface area contributed by atoms with Crippen molar-refractivity contribution in [3.8, 4) is 0 Å². The molecule has 2 aromatic rings. The van der Waals surface area contributed by atoms with Gasteiger partial charge in [-0.15, -0.1) is 0 Å². The third-order valence-electron chi connectivity index (χ3n) is 3.00. The SMILES string of the molecule is Cc1ccc2oc(C=O)c(C3CC3)c2c1. The number of hydrogen-bond acceptors (Lipinski definition) is 2. The monoisotopic (exact) mass is 200 g/mol. The molecule has 0 N–H and O–H groups in total. The van der Waals surface area contributed by atoms with Crippen LogP contribution in [0.4, 0.5) is 0 Å². The molecule has 0 saturated heterocycles. The van der Waals surface area contributed by atoms with Crippen molar-refractivity contribution in [2.45, 2.75) is 25.7 Å². The summed E-state index contributed by atoms with van der Waals surface area (Å²) in [6.45, 7) is 2.06. The summed E-state index contributed by atoms with van der Waals surface area (Å²) >= 11 is 0. The lowest BCUT2D eigenvalue weighted by Gasteiger charge is -1.95. The van der Waals surface area contributed by atoms with Crippen molar-refractivity contribution in [2.24, 2.45) is 0 Å². The summed E-state index contributed by atoms with van der Waals surface area (Å²) < 4.78 is 5.54. The number of carbonyl (C=O) groups is 1. The van der Waals surface area contributed by atoms with E-state index in [1.807, 2.05) is 12.1 Å². The summed E-state index contributed by atoms with van der Waals surface area (Å²) in [6, 6.07) is 6.07. The highest BCUT2D eigenvalue weighted by molar-refractivity contribution is 5.91. The molecule has 1 aromatic carbocycles. The molecule has 2 heteroatoms. The van der Waals surface area contributed by atoms with Crippen LogP contribution in [0.25, 0.3) is 11.0 Å². The van der Waals surface area contributed by atoms with Gasteiger partial charge in [0.2, 0.25) is 0 Å². The van der Waals surface area contributed by atoms with E-state index in [1.165, 1.54) is 18.4 Å². The predicted octanol–water partition coefficient (Wildman–Crippen LogP) is 3.43. The third-order valence-corrected chi connectivity index (χ3v) is 3.00. The van der Waals surface area contributed by atoms with Gasteiger partial charge < -0.3 is 4.42 Å². The summed E-state index contributed by atoms with van der Waals surface area (Å²) in [5.74, 6) is 1.08. The van der Waals surface area contributed by atoms with Gasteiger partial charge in [0.1, 0.15) is 5.58 Å². The fourth-order valence-corrected chi connectivity index (χ4v) is 2.13. The van der Waals surface area contributed by atoms with Gasteiger partial charge in [0.05, 0.1) is 0 Å². The van der Waals surface area contributed by atoms with E-state index in [-0.39, 0.29) is 0 Å². The molecule has 1 aromatic heterocycles. The van der Waals surface area contributed by atoms with Gasteiger partial charge >= 0.3 is 0 Å². The fraction of sp³-hybridized carbons (Fsp3) is 0.308. The smallest absolute Gasteiger partial charge is 0.185 e. The predicted molar refractivity (Wildman–Crippen MR) is 58.3 cm³/mol. The summed E-state index contributed by atoms with van der Waals surface area (Å²) in [6.07, 6.45) is 3.20. The molecule has 1 heterocycles. The second kappa shape index (κ2) is 2.96. The van der Waals surface area contributed by atoms with E-state index in [0.717, 1.165) is 22.8 Å². The number of rotatable bonds is 2. The van der Waals surface area contributed by atoms with Crippen LogP contribution < -0.4 is 0 Å². The maximum absolute atomic E-state index is 10.9. The zero-order valence-corrected chi connectivity index (χ0v) is 8.62. The third kappa shape index (κ3) is 1.29. The average molecular weight is 200 g/mol. The lowest BCUT2D eigenvalue weighted by molar-refractivity contribution is 0.110. The van der Waals surface area contributed by atoms with Gasteiger partial charge in [-0.25, -0.2) is 0 Å². The first-order valence-electron chi connectivity index (χ1n) is 5.28. The van der Waals surface area contributed by atoms with Crippen molar-refractivity contribution in [3.05, 3.63) is 35.1 Å². The van der Waals surface area contributed by atoms with Gasteiger partial charge in [-0.3, -0.25) is 4.79 Å². The fourth-order valence-electron chi connectivity index (χ4n) is 2.13. The van der Waals surface area contributed by atoms with Crippen molar-refractivity contribution in [1.82, 2.24) is 0 Å². The summed E-state index contributed by atoms with van der Waals surface area (Å²) in [5.41, 5.74) is 3.18. The number of aryl methyl sites for hydroxylation is 1. The van der Waals surface area contributed by atoms with Crippen LogP contribution in [0.1, 0.15) is 40.4 Å². The Bertz CT molecular complexity index is 533. The largest absolute Gasteiger partial charge is 0.453 e. The molecular formula is C13H12O2. The van der Waals surface area contributed by atoms with Crippen LogP contribution in [0.3, 0.4) is 0 Å². The molecular weight excluding hydrogens is 188 g/mol. The Morgan fingerprint density at radius 2 is 2.20 bits per heavy atom. The number of fused-ring (bicyclic) bond motifs is 1. The Kier molecular flexibility index (Phi) is 1.72. The Balaban J connectivity index is 2.34. The summed E-state index contributed by atoms with van der Waals surface area (Å²) in [4.78, 5) is 10.9. The van der Waals surface area contributed by atoms with E-state index in [2.05, 4.69) is 13.0 Å². The van der Waals surface area contributed by atoms with Gasteiger partial charge in [-0.2, -0.15) is 0 Å². The number of benzene rings is 1. The maximum Gasteiger partial charge on any atom is 0.185 e. The molecule has 0 bridgehead atoms. The highest BCUT2D eigenvalue weighted by Gasteiger charge is 2.30. The van der Waals surface area contributed by atoms with Crippen molar-refractivity contribution < 1.29 is 9.21 Å². The summed E-state index contributed by atoms with van der Waals surface area (Å²) in [5, 5.41) is 1.12. The van der Waals surface area contributed by atoms with E-state index in [1.54, 1.807) is 0 Å².